The van der Waals surface area contributed by atoms with Crippen molar-refractivity contribution in [2.24, 2.45) is 29.6 Å². The highest BCUT2D eigenvalue weighted by molar-refractivity contribution is 4.96. The third kappa shape index (κ3) is 1.81. The molecule has 0 spiro atoms. The number of rotatable bonds is 0. The van der Waals surface area contributed by atoms with Crippen molar-refractivity contribution in [1.29, 1.82) is 0 Å². The fraction of sp³-hybridized carbons (Fsp3) is 1.00. The van der Waals surface area contributed by atoms with E-state index in [2.05, 4.69) is 13.8 Å². The van der Waals surface area contributed by atoms with Gasteiger partial charge in [0.2, 0.25) is 0 Å². The van der Waals surface area contributed by atoms with Gasteiger partial charge in [-0.3, -0.25) is 0 Å². The van der Waals surface area contributed by atoms with E-state index in [1.165, 1.54) is 6.42 Å². The van der Waals surface area contributed by atoms with Crippen LogP contribution in [0.3, 0.4) is 0 Å². The lowest BCUT2D eigenvalue weighted by atomic mass is 9.59. The molecule has 0 bridgehead atoms. The highest BCUT2D eigenvalue weighted by atomic mass is 19.2. The van der Waals surface area contributed by atoms with Crippen molar-refractivity contribution in [1.82, 2.24) is 0 Å². The van der Waals surface area contributed by atoms with Crippen molar-refractivity contribution in [3.8, 4) is 0 Å². The predicted octanol–water partition coefficient (Wildman–Crippen LogP) is 4.00. The van der Waals surface area contributed by atoms with Crippen LogP contribution in [-0.2, 0) is 0 Å². The molecule has 0 aliphatic heterocycles. The molecular formula is C13H22F2. The fourth-order valence-electron chi connectivity index (χ4n) is 3.70. The van der Waals surface area contributed by atoms with Gasteiger partial charge in [0.15, 0.2) is 0 Å². The number of alkyl halides is 2. The zero-order valence-electron chi connectivity index (χ0n) is 9.92. The van der Waals surface area contributed by atoms with E-state index in [0.29, 0.717) is 17.8 Å². The summed E-state index contributed by atoms with van der Waals surface area (Å²) in [6, 6.07) is 0. The number of halogens is 2. The summed E-state index contributed by atoms with van der Waals surface area (Å²) in [5.74, 6) is 1.25. The van der Waals surface area contributed by atoms with Crippen LogP contribution >= 0.6 is 0 Å². The Kier molecular flexibility index (Phi) is 3.05. The van der Waals surface area contributed by atoms with Crippen molar-refractivity contribution in [3.05, 3.63) is 0 Å². The summed E-state index contributed by atoms with van der Waals surface area (Å²) < 4.78 is 27.7. The molecule has 2 aliphatic carbocycles. The van der Waals surface area contributed by atoms with Gasteiger partial charge in [0, 0.05) is 0 Å². The lowest BCUT2D eigenvalue weighted by molar-refractivity contribution is -0.0618. The van der Waals surface area contributed by atoms with Gasteiger partial charge in [0.1, 0.15) is 12.3 Å². The summed E-state index contributed by atoms with van der Waals surface area (Å²) in [5.41, 5.74) is 0. The van der Waals surface area contributed by atoms with Crippen molar-refractivity contribution < 1.29 is 8.78 Å². The van der Waals surface area contributed by atoms with Gasteiger partial charge in [-0.05, 0) is 42.4 Å². The molecule has 2 saturated carbocycles. The second-order valence-electron chi connectivity index (χ2n) is 5.85. The zero-order valence-corrected chi connectivity index (χ0v) is 9.92. The van der Waals surface area contributed by atoms with E-state index >= 15 is 0 Å². The molecule has 15 heavy (non-hydrogen) atoms. The van der Waals surface area contributed by atoms with Crippen molar-refractivity contribution >= 4 is 0 Å². The maximum atomic E-state index is 14.0. The minimum atomic E-state index is -1.22. The lowest BCUT2D eigenvalue weighted by Crippen LogP contribution is -2.48. The average molecular weight is 216 g/mol. The van der Waals surface area contributed by atoms with Crippen LogP contribution in [0.25, 0.3) is 0 Å². The van der Waals surface area contributed by atoms with Gasteiger partial charge in [0.05, 0.1) is 0 Å². The Morgan fingerprint density at radius 3 is 2.20 bits per heavy atom. The van der Waals surface area contributed by atoms with Crippen LogP contribution in [0.4, 0.5) is 8.78 Å². The summed E-state index contributed by atoms with van der Waals surface area (Å²) in [5, 5.41) is 0. The quantitative estimate of drug-likeness (QED) is 0.574. The Labute approximate surface area is 91.4 Å². The summed E-state index contributed by atoms with van der Waals surface area (Å²) in [6.07, 6.45) is 0.755. The van der Waals surface area contributed by atoms with E-state index in [-0.39, 0.29) is 11.8 Å². The molecule has 88 valence electrons. The number of hydrogen-bond acceptors (Lipinski definition) is 0. The van der Waals surface area contributed by atoms with Gasteiger partial charge < -0.3 is 0 Å². The van der Waals surface area contributed by atoms with Crippen molar-refractivity contribution in [3.63, 3.8) is 0 Å². The summed E-state index contributed by atoms with van der Waals surface area (Å²) in [6.45, 7) is 6.14. The Balaban J connectivity index is 2.16. The third-order valence-electron chi connectivity index (χ3n) is 4.93. The second kappa shape index (κ2) is 4.03. The maximum Gasteiger partial charge on any atom is 0.135 e. The van der Waals surface area contributed by atoms with Crippen LogP contribution in [-0.4, -0.2) is 12.3 Å². The van der Waals surface area contributed by atoms with Crippen LogP contribution in [0.1, 0.15) is 40.0 Å². The molecule has 0 saturated heterocycles. The van der Waals surface area contributed by atoms with Gasteiger partial charge in [-0.15, -0.1) is 0 Å². The SMILES string of the molecule is CC1CCC2CC(C)C(F)C(F)C2C1C. The topological polar surface area (TPSA) is 0 Å². The van der Waals surface area contributed by atoms with Crippen LogP contribution in [0, 0.1) is 29.6 Å². The molecule has 0 heterocycles. The molecule has 0 aromatic heterocycles. The Morgan fingerprint density at radius 1 is 0.867 bits per heavy atom. The predicted molar refractivity (Wildman–Crippen MR) is 58.1 cm³/mol. The minimum absolute atomic E-state index is 0.0139. The van der Waals surface area contributed by atoms with E-state index in [1.54, 1.807) is 0 Å². The molecule has 2 aliphatic rings. The number of fused-ring (bicyclic) bond motifs is 1. The Hall–Kier alpha value is -0.140. The molecule has 2 heteroatoms. The molecule has 7 atom stereocenters. The van der Waals surface area contributed by atoms with E-state index in [1.807, 2.05) is 6.92 Å². The van der Waals surface area contributed by atoms with Crippen LogP contribution in [0.5, 0.6) is 0 Å². The van der Waals surface area contributed by atoms with E-state index in [9.17, 15) is 8.78 Å². The Morgan fingerprint density at radius 2 is 1.53 bits per heavy atom. The molecule has 0 nitrogen and oxygen atoms in total. The van der Waals surface area contributed by atoms with Gasteiger partial charge in [-0.25, -0.2) is 8.78 Å². The van der Waals surface area contributed by atoms with Gasteiger partial charge in [-0.1, -0.05) is 27.2 Å². The molecule has 0 aromatic rings. The first-order valence-electron chi connectivity index (χ1n) is 6.30. The highest BCUT2D eigenvalue weighted by Gasteiger charge is 2.48. The minimum Gasteiger partial charge on any atom is -0.244 e. The van der Waals surface area contributed by atoms with Crippen molar-refractivity contribution in [2.75, 3.05) is 0 Å². The molecule has 0 N–H and O–H groups in total. The van der Waals surface area contributed by atoms with E-state index in [0.717, 1.165) is 12.8 Å². The van der Waals surface area contributed by atoms with E-state index in [4.69, 9.17) is 0 Å². The highest BCUT2D eigenvalue weighted by Crippen LogP contribution is 2.49. The van der Waals surface area contributed by atoms with Crippen LogP contribution in [0.2, 0.25) is 0 Å². The summed E-state index contributed by atoms with van der Waals surface area (Å²) in [4.78, 5) is 0. The molecule has 2 fully saturated rings. The molecule has 0 aromatic carbocycles. The standard InChI is InChI=1S/C13H22F2/c1-7-4-5-10-6-8(2)12(14)13(15)11(10)9(7)3/h7-13H,4-6H2,1-3H3. The first-order chi connectivity index (χ1) is 7.02. The first-order valence-corrected chi connectivity index (χ1v) is 6.30. The van der Waals surface area contributed by atoms with Crippen molar-refractivity contribution in [2.45, 2.75) is 52.4 Å². The summed E-state index contributed by atoms with van der Waals surface area (Å²) >= 11 is 0. The van der Waals surface area contributed by atoms with Gasteiger partial charge in [0.25, 0.3) is 0 Å². The first kappa shape index (κ1) is 11.3. The smallest absolute Gasteiger partial charge is 0.135 e. The van der Waals surface area contributed by atoms with E-state index < -0.39 is 12.3 Å². The molecule has 0 radical (unpaired) electrons. The van der Waals surface area contributed by atoms with Crippen LogP contribution < -0.4 is 0 Å². The number of hydrogen-bond donors (Lipinski definition) is 0. The zero-order chi connectivity index (χ0) is 11.2. The molecule has 2 rings (SSSR count). The monoisotopic (exact) mass is 216 g/mol. The normalized spacial score (nSPS) is 56.2. The largest absolute Gasteiger partial charge is 0.244 e. The molecule has 7 unspecified atom stereocenters. The molecule has 0 amide bonds. The maximum absolute atomic E-state index is 14.0. The van der Waals surface area contributed by atoms with Gasteiger partial charge >= 0.3 is 0 Å². The third-order valence-corrected chi connectivity index (χ3v) is 4.93. The molecular weight excluding hydrogens is 194 g/mol. The summed E-state index contributed by atoms with van der Waals surface area (Å²) in [7, 11) is 0. The van der Waals surface area contributed by atoms with Crippen LogP contribution in [0.15, 0.2) is 0 Å². The lowest BCUT2D eigenvalue weighted by Gasteiger charge is -2.48. The Bertz CT molecular complexity index is 227. The second-order valence-corrected chi connectivity index (χ2v) is 5.85. The fourth-order valence-corrected chi connectivity index (χ4v) is 3.70. The average Bonchev–Trinajstić information content (AvgIpc) is 2.20. The van der Waals surface area contributed by atoms with Gasteiger partial charge in [-0.2, -0.15) is 0 Å².